The van der Waals surface area contributed by atoms with Crippen molar-refractivity contribution in [3.63, 3.8) is 0 Å². The van der Waals surface area contributed by atoms with Crippen molar-refractivity contribution in [3.05, 3.63) is 34.6 Å². The lowest BCUT2D eigenvalue weighted by atomic mass is 10.1. The highest BCUT2D eigenvalue weighted by molar-refractivity contribution is 9.08. The van der Waals surface area contributed by atoms with Gasteiger partial charge in [-0.3, -0.25) is 0 Å². The second-order valence-electron chi connectivity index (χ2n) is 4.24. The van der Waals surface area contributed by atoms with Gasteiger partial charge in [-0.25, -0.2) is 0 Å². The summed E-state index contributed by atoms with van der Waals surface area (Å²) in [6, 6.07) is 5.96. The van der Waals surface area contributed by atoms with Gasteiger partial charge in [0.25, 0.3) is 0 Å². The summed E-state index contributed by atoms with van der Waals surface area (Å²) < 4.78 is 2.14. The molecule has 0 aliphatic carbocycles. The molecule has 2 aromatic rings. The van der Waals surface area contributed by atoms with Gasteiger partial charge in [-0.2, -0.15) is 0 Å². The first-order chi connectivity index (χ1) is 8.65. The van der Waals surface area contributed by atoms with Crippen LogP contribution in [0.3, 0.4) is 0 Å². The number of aryl methyl sites for hydroxylation is 1. The lowest BCUT2D eigenvalue weighted by molar-refractivity contribution is 0.661. The summed E-state index contributed by atoms with van der Waals surface area (Å²) in [6.45, 7) is 5.08. The highest BCUT2D eigenvalue weighted by Crippen LogP contribution is 2.24. The highest BCUT2D eigenvalue weighted by atomic mass is 79.9. The van der Waals surface area contributed by atoms with Crippen LogP contribution in [-0.4, -0.2) is 14.8 Å². The number of alkyl halides is 1. The van der Waals surface area contributed by atoms with E-state index in [9.17, 15) is 0 Å². The van der Waals surface area contributed by atoms with E-state index in [2.05, 4.69) is 43.7 Å². The monoisotopic (exact) mass is 327 g/mol. The van der Waals surface area contributed by atoms with Crippen molar-refractivity contribution in [1.29, 1.82) is 0 Å². The molecule has 5 heteroatoms. The van der Waals surface area contributed by atoms with Crippen LogP contribution in [0, 0.1) is 6.92 Å². The van der Waals surface area contributed by atoms with Crippen molar-refractivity contribution in [2.45, 2.75) is 32.1 Å². The summed E-state index contributed by atoms with van der Waals surface area (Å²) in [6.07, 6.45) is 1.05. The van der Waals surface area contributed by atoms with Gasteiger partial charge < -0.3 is 4.57 Å². The Morgan fingerprint density at radius 3 is 2.67 bits per heavy atom. The Hall–Kier alpha value is -0.870. The van der Waals surface area contributed by atoms with Crippen LogP contribution >= 0.6 is 27.5 Å². The maximum atomic E-state index is 6.10. The minimum atomic E-state index is 0.708. The van der Waals surface area contributed by atoms with E-state index in [1.807, 2.05) is 19.1 Å². The van der Waals surface area contributed by atoms with E-state index in [4.69, 9.17) is 11.6 Å². The molecule has 0 aliphatic rings. The highest BCUT2D eigenvalue weighted by Gasteiger charge is 2.13. The van der Waals surface area contributed by atoms with Gasteiger partial charge in [0.1, 0.15) is 5.82 Å². The minimum absolute atomic E-state index is 0.708. The number of nitrogens with zero attached hydrogens (tertiary/aromatic N) is 3. The molecule has 0 fully saturated rings. The molecule has 0 spiro atoms. The molecule has 0 radical (unpaired) electrons. The Kier molecular flexibility index (Phi) is 4.40. The predicted molar refractivity (Wildman–Crippen MR) is 78.1 cm³/mol. The van der Waals surface area contributed by atoms with Crippen LogP contribution in [0.25, 0.3) is 11.4 Å². The average molecular weight is 329 g/mol. The van der Waals surface area contributed by atoms with E-state index < -0.39 is 0 Å². The average Bonchev–Trinajstić information content (AvgIpc) is 2.71. The molecule has 0 atom stereocenters. The Morgan fingerprint density at radius 1 is 1.28 bits per heavy atom. The maximum absolute atomic E-state index is 6.10. The van der Waals surface area contributed by atoms with Gasteiger partial charge >= 0.3 is 0 Å². The third kappa shape index (κ3) is 2.75. The van der Waals surface area contributed by atoms with E-state index in [0.717, 1.165) is 40.8 Å². The first-order valence-electron chi connectivity index (χ1n) is 5.91. The zero-order valence-corrected chi connectivity index (χ0v) is 12.8. The maximum Gasteiger partial charge on any atom is 0.164 e. The molecular formula is C13H15BrClN3. The molecule has 2 rings (SSSR count). The molecular weight excluding hydrogens is 314 g/mol. The summed E-state index contributed by atoms with van der Waals surface area (Å²) in [5.74, 6) is 1.83. The molecule has 0 saturated carbocycles. The second-order valence-corrected chi connectivity index (χ2v) is 5.24. The van der Waals surface area contributed by atoms with Crippen LogP contribution in [0.2, 0.25) is 5.02 Å². The molecule has 0 amide bonds. The van der Waals surface area contributed by atoms with Crippen molar-refractivity contribution in [2.24, 2.45) is 0 Å². The Morgan fingerprint density at radius 2 is 2.06 bits per heavy atom. The Bertz CT molecular complexity index is 531. The van der Waals surface area contributed by atoms with Gasteiger partial charge in [-0.1, -0.05) is 34.5 Å². The minimum Gasteiger partial charge on any atom is -0.310 e. The van der Waals surface area contributed by atoms with Crippen LogP contribution in [0.4, 0.5) is 0 Å². The van der Waals surface area contributed by atoms with Crippen LogP contribution in [0.5, 0.6) is 0 Å². The van der Waals surface area contributed by atoms with Crippen molar-refractivity contribution >= 4 is 27.5 Å². The molecule has 0 aliphatic heterocycles. The molecule has 0 unspecified atom stereocenters. The Labute approximate surface area is 120 Å². The smallest absolute Gasteiger partial charge is 0.164 e. The van der Waals surface area contributed by atoms with Gasteiger partial charge in [-0.15, -0.1) is 10.2 Å². The zero-order valence-electron chi connectivity index (χ0n) is 10.5. The quantitative estimate of drug-likeness (QED) is 0.787. The van der Waals surface area contributed by atoms with E-state index in [-0.39, 0.29) is 0 Å². The molecule has 1 aromatic carbocycles. The molecule has 1 aromatic heterocycles. The molecule has 0 N–H and O–H groups in total. The fourth-order valence-corrected chi connectivity index (χ4v) is 2.68. The molecule has 0 saturated heterocycles. The Balaban J connectivity index is 2.52. The number of hydrogen-bond acceptors (Lipinski definition) is 2. The summed E-state index contributed by atoms with van der Waals surface area (Å²) in [5.41, 5.74) is 2.15. The van der Waals surface area contributed by atoms with Crippen molar-refractivity contribution in [1.82, 2.24) is 14.8 Å². The van der Waals surface area contributed by atoms with Crippen molar-refractivity contribution in [2.75, 3.05) is 0 Å². The number of aromatic nitrogens is 3. The molecule has 0 bridgehead atoms. The fourth-order valence-electron chi connectivity index (χ4n) is 1.97. The normalized spacial score (nSPS) is 10.9. The number of halogens is 2. The van der Waals surface area contributed by atoms with E-state index >= 15 is 0 Å². The van der Waals surface area contributed by atoms with Crippen molar-refractivity contribution < 1.29 is 0 Å². The van der Waals surface area contributed by atoms with Crippen molar-refractivity contribution in [3.8, 4) is 11.4 Å². The third-order valence-electron chi connectivity index (χ3n) is 2.69. The first-order valence-corrected chi connectivity index (χ1v) is 7.41. The van der Waals surface area contributed by atoms with Gasteiger partial charge in [0, 0.05) is 17.1 Å². The lowest BCUT2D eigenvalue weighted by Crippen LogP contribution is -2.03. The molecule has 1 heterocycles. The summed E-state index contributed by atoms with van der Waals surface area (Å²) in [4.78, 5) is 0. The number of hydrogen-bond donors (Lipinski definition) is 0. The van der Waals surface area contributed by atoms with Gasteiger partial charge in [-0.05, 0) is 37.1 Å². The standard InChI is InChI=1S/C13H15BrClN3/c1-3-4-18-12(8-14)16-17-13(18)10-5-9(2)6-11(15)7-10/h5-7H,3-4,8H2,1-2H3. The predicted octanol–water partition coefficient (Wildman–Crippen LogP) is 4.21. The fraction of sp³-hybridized carbons (Fsp3) is 0.385. The van der Waals surface area contributed by atoms with E-state index in [0.29, 0.717) is 5.33 Å². The summed E-state index contributed by atoms with van der Waals surface area (Å²) in [5, 5.41) is 9.94. The van der Waals surface area contributed by atoms with Crippen LogP contribution in [-0.2, 0) is 11.9 Å². The molecule has 3 nitrogen and oxygen atoms in total. The van der Waals surface area contributed by atoms with Gasteiger partial charge in [0.15, 0.2) is 5.82 Å². The number of benzene rings is 1. The van der Waals surface area contributed by atoms with Gasteiger partial charge in [0.05, 0.1) is 5.33 Å². The third-order valence-corrected chi connectivity index (χ3v) is 3.41. The van der Waals surface area contributed by atoms with E-state index in [1.165, 1.54) is 0 Å². The van der Waals surface area contributed by atoms with E-state index in [1.54, 1.807) is 0 Å². The molecule has 18 heavy (non-hydrogen) atoms. The van der Waals surface area contributed by atoms with Crippen LogP contribution in [0.1, 0.15) is 24.7 Å². The summed E-state index contributed by atoms with van der Waals surface area (Å²) in [7, 11) is 0. The zero-order chi connectivity index (χ0) is 13.1. The summed E-state index contributed by atoms with van der Waals surface area (Å²) >= 11 is 9.55. The number of rotatable bonds is 4. The largest absolute Gasteiger partial charge is 0.310 e. The topological polar surface area (TPSA) is 30.7 Å². The van der Waals surface area contributed by atoms with Gasteiger partial charge in [0.2, 0.25) is 0 Å². The van der Waals surface area contributed by atoms with Crippen LogP contribution in [0.15, 0.2) is 18.2 Å². The SMILES string of the molecule is CCCn1c(CBr)nnc1-c1cc(C)cc(Cl)c1. The first kappa shape index (κ1) is 13.6. The second kappa shape index (κ2) is 5.85. The lowest BCUT2D eigenvalue weighted by Gasteiger charge is -2.08. The van der Waals surface area contributed by atoms with Crippen LogP contribution < -0.4 is 0 Å². The molecule has 96 valence electrons.